The number of fused-ring (bicyclic) bond motifs is 1. The Bertz CT molecular complexity index is 1260. The molecule has 3 aromatic heterocycles. The van der Waals surface area contributed by atoms with Crippen LogP contribution in [0.4, 0.5) is 0 Å². The molecule has 2 amide bonds. The highest BCUT2D eigenvalue weighted by Crippen LogP contribution is 2.30. The highest BCUT2D eigenvalue weighted by atomic mass is 32.1. The average Bonchev–Trinajstić information content (AvgIpc) is 3.59. The van der Waals surface area contributed by atoms with Gasteiger partial charge in [-0.2, -0.15) is 0 Å². The van der Waals surface area contributed by atoms with Crippen molar-refractivity contribution in [3.05, 3.63) is 70.7 Å². The van der Waals surface area contributed by atoms with E-state index in [9.17, 15) is 9.59 Å². The van der Waals surface area contributed by atoms with Gasteiger partial charge in [0, 0.05) is 13.1 Å². The summed E-state index contributed by atoms with van der Waals surface area (Å²) in [4.78, 5) is 34.2. The predicted octanol–water partition coefficient (Wildman–Crippen LogP) is 4.35. The van der Waals surface area contributed by atoms with E-state index < -0.39 is 6.04 Å². The summed E-state index contributed by atoms with van der Waals surface area (Å²) in [5.41, 5.74) is 2.67. The minimum absolute atomic E-state index is 0.0899. The first-order valence-corrected chi connectivity index (χ1v) is 11.5. The van der Waals surface area contributed by atoms with Crippen molar-refractivity contribution < 1.29 is 14.1 Å². The fraction of sp³-hybridized carbons (Fsp3) is 0.250. The van der Waals surface area contributed by atoms with Gasteiger partial charge in [0.2, 0.25) is 5.91 Å². The van der Waals surface area contributed by atoms with E-state index in [2.05, 4.69) is 15.5 Å². The maximum absolute atomic E-state index is 13.6. The Kier molecular flexibility index (Phi) is 5.45. The molecule has 7 nitrogen and oxygen atoms in total. The molecule has 1 N–H and O–H groups in total. The van der Waals surface area contributed by atoms with Crippen molar-refractivity contribution in [1.29, 1.82) is 0 Å². The van der Waals surface area contributed by atoms with Gasteiger partial charge < -0.3 is 14.7 Å². The first-order valence-electron chi connectivity index (χ1n) is 10.6. The number of benzene rings is 1. The molecule has 1 fully saturated rings. The molecule has 32 heavy (non-hydrogen) atoms. The fourth-order valence-corrected chi connectivity index (χ4v) is 4.77. The first kappa shape index (κ1) is 20.4. The van der Waals surface area contributed by atoms with Crippen molar-refractivity contribution in [2.75, 3.05) is 13.1 Å². The molecule has 0 bridgehead atoms. The van der Waals surface area contributed by atoms with Crippen LogP contribution in [0.2, 0.25) is 0 Å². The molecule has 1 atom stereocenters. The summed E-state index contributed by atoms with van der Waals surface area (Å²) in [5, 5.41) is 9.50. The van der Waals surface area contributed by atoms with Crippen LogP contribution in [0.3, 0.4) is 0 Å². The molecular formula is C24H22N4O3S. The van der Waals surface area contributed by atoms with Crippen molar-refractivity contribution in [2.24, 2.45) is 0 Å². The molecule has 1 aromatic carbocycles. The number of nitrogens with zero attached hydrogens (tertiary/aromatic N) is 3. The second kappa shape index (κ2) is 8.55. The van der Waals surface area contributed by atoms with Crippen molar-refractivity contribution in [1.82, 2.24) is 20.4 Å². The number of nitrogens with one attached hydrogen (secondary N) is 1. The number of hydrogen-bond acceptors (Lipinski definition) is 6. The molecule has 1 saturated heterocycles. The van der Waals surface area contributed by atoms with Crippen LogP contribution in [0.25, 0.3) is 21.7 Å². The number of aromatic nitrogens is 2. The number of carbonyl (C=O) groups is 2. The van der Waals surface area contributed by atoms with E-state index >= 15 is 0 Å². The van der Waals surface area contributed by atoms with E-state index in [4.69, 9.17) is 4.52 Å². The van der Waals surface area contributed by atoms with E-state index in [0.717, 1.165) is 23.3 Å². The first-order chi connectivity index (χ1) is 15.6. The van der Waals surface area contributed by atoms with E-state index in [1.54, 1.807) is 13.0 Å². The van der Waals surface area contributed by atoms with Crippen LogP contribution in [0.1, 0.15) is 40.5 Å². The van der Waals surface area contributed by atoms with Gasteiger partial charge in [-0.05, 0) is 42.8 Å². The van der Waals surface area contributed by atoms with Crippen LogP contribution >= 0.6 is 11.3 Å². The fourth-order valence-electron chi connectivity index (χ4n) is 4.09. The third-order valence-corrected chi connectivity index (χ3v) is 6.60. The Hall–Kier alpha value is -3.52. The SMILES string of the molecule is Cc1noc2nc(-c3cccs3)cc(C(=O)N[C@H](C(=O)N3CCCC3)c3ccccc3)c12. The minimum Gasteiger partial charge on any atom is -0.341 e. The highest BCUT2D eigenvalue weighted by Gasteiger charge is 2.30. The lowest BCUT2D eigenvalue weighted by Crippen LogP contribution is -2.41. The lowest BCUT2D eigenvalue weighted by Gasteiger charge is -2.24. The summed E-state index contributed by atoms with van der Waals surface area (Å²) >= 11 is 1.53. The number of carbonyl (C=O) groups excluding carboxylic acids is 2. The lowest BCUT2D eigenvalue weighted by molar-refractivity contribution is -0.132. The Morgan fingerprint density at radius 3 is 2.62 bits per heavy atom. The Morgan fingerprint density at radius 1 is 1.12 bits per heavy atom. The second-order valence-corrected chi connectivity index (χ2v) is 8.78. The molecule has 0 saturated carbocycles. The summed E-state index contributed by atoms with van der Waals surface area (Å²) in [6.45, 7) is 3.20. The topological polar surface area (TPSA) is 88.3 Å². The van der Waals surface area contributed by atoms with Crippen LogP contribution in [0, 0.1) is 6.92 Å². The van der Waals surface area contributed by atoms with E-state index in [1.165, 1.54) is 11.3 Å². The molecule has 4 heterocycles. The van der Waals surface area contributed by atoms with Crippen LogP contribution in [-0.4, -0.2) is 39.9 Å². The zero-order valence-corrected chi connectivity index (χ0v) is 18.4. The van der Waals surface area contributed by atoms with Gasteiger partial charge in [-0.15, -0.1) is 11.3 Å². The number of likely N-dealkylation sites (tertiary alicyclic amines) is 1. The van der Waals surface area contributed by atoms with Crippen molar-refractivity contribution in [2.45, 2.75) is 25.8 Å². The quantitative estimate of drug-likeness (QED) is 0.492. The number of rotatable bonds is 5. The number of hydrogen-bond donors (Lipinski definition) is 1. The molecule has 4 aromatic rings. The van der Waals surface area contributed by atoms with Gasteiger partial charge in [-0.1, -0.05) is 41.6 Å². The molecular weight excluding hydrogens is 424 g/mol. The summed E-state index contributed by atoms with van der Waals surface area (Å²) < 4.78 is 5.38. The molecule has 162 valence electrons. The smallest absolute Gasteiger partial charge is 0.259 e. The monoisotopic (exact) mass is 446 g/mol. The standard InChI is InChI=1S/C24H22N4O3S/c1-15-20-17(14-18(19-10-7-13-32-19)25-23(20)31-27-15)22(29)26-21(16-8-3-2-4-9-16)24(30)28-11-5-6-12-28/h2-4,7-10,13-14,21H,5-6,11-12H2,1H3,(H,26,29)/t21-/m0/s1. The third kappa shape index (κ3) is 3.78. The Balaban J connectivity index is 1.54. The highest BCUT2D eigenvalue weighted by molar-refractivity contribution is 7.13. The summed E-state index contributed by atoms with van der Waals surface area (Å²) in [7, 11) is 0. The van der Waals surface area contributed by atoms with E-state index in [1.807, 2.05) is 52.7 Å². The molecule has 8 heteroatoms. The second-order valence-electron chi connectivity index (χ2n) is 7.83. The van der Waals surface area contributed by atoms with Gasteiger partial charge in [-0.25, -0.2) is 4.98 Å². The van der Waals surface area contributed by atoms with Gasteiger partial charge in [0.25, 0.3) is 11.6 Å². The maximum atomic E-state index is 13.6. The Labute approximate surface area is 189 Å². The van der Waals surface area contributed by atoms with Gasteiger partial charge in [-0.3, -0.25) is 9.59 Å². The average molecular weight is 447 g/mol. The van der Waals surface area contributed by atoms with E-state index in [0.29, 0.717) is 41.1 Å². The lowest BCUT2D eigenvalue weighted by atomic mass is 10.0. The Morgan fingerprint density at radius 2 is 1.91 bits per heavy atom. The molecule has 5 rings (SSSR count). The summed E-state index contributed by atoms with van der Waals surface area (Å²) in [6.07, 6.45) is 1.96. The van der Waals surface area contributed by atoms with Crippen LogP contribution in [0.15, 0.2) is 58.4 Å². The van der Waals surface area contributed by atoms with Gasteiger partial charge in [0.1, 0.15) is 6.04 Å². The third-order valence-electron chi connectivity index (χ3n) is 5.71. The van der Waals surface area contributed by atoms with Crippen LogP contribution in [0.5, 0.6) is 0 Å². The number of aryl methyl sites for hydroxylation is 1. The predicted molar refractivity (Wildman–Crippen MR) is 122 cm³/mol. The van der Waals surface area contributed by atoms with Crippen molar-refractivity contribution in [3.8, 4) is 10.6 Å². The molecule has 0 spiro atoms. The molecule has 0 radical (unpaired) electrons. The molecule has 1 aliphatic rings. The van der Waals surface area contributed by atoms with Crippen LogP contribution < -0.4 is 5.32 Å². The van der Waals surface area contributed by atoms with Gasteiger partial charge >= 0.3 is 0 Å². The zero-order chi connectivity index (χ0) is 22.1. The number of pyridine rings is 1. The van der Waals surface area contributed by atoms with Crippen LogP contribution in [-0.2, 0) is 4.79 Å². The normalized spacial score (nSPS) is 14.6. The van der Waals surface area contributed by atoms with E-state index in [-0.39, 0.29) is 11.8 Å². The largest absolute Gasteiger partial charge is 0.341 e. The number of thiophene rings is 1. The summed E-state index contributed by atoms with van der Waals surface area (Å²) in [6, 6.07) is 14.2. The molecule has 0 aliphatic carbocycles. The zero-order valence-electron chi connectivity index (χ0n) is 17.6. The summed E-state index contributed by atoms with van der Waals surface area (Å²) in [5.74, 6) is -0.448. The molecule has 1 aliphatic heterocycles. The molecule has 0 unspecified atom stereocenters. The van der Waals surface area contributed by atoms with Crippen molar-refractivity contribution >= 4 is 34.3 Å². The minimum atomic E-state index is -0.768. The van der Waals surface area contributed by atoms with Gasteiger partial charge in [0.05, 0.1) is 27.2 Å². The maximum Gasteiger partial charge on any atom is 0.259 e. The van der Waals surface area contributed by atoms with Gasteiger partial charge in [0.15, 0.2) is 0 Å². The number of amides is 2. The van der Waals surface area contributed by atoms with Crippen molar-refractivity contribution in [3.63, 3.8) is 0 Å².